The fraction of sp³-hybridized carbons (Fsp3) is 0.556. The molecule has 2 N–H and O–H groups in total. The minimum atomic E-state index is 0.520. The lowest BCUT2D eigenvalue weighted by atomic mass is 9.91. The molecule has 2 nitrogen and oxygen atoms in total. The minimum absolute atomic E-state index is 0.520. The Morgan fingerprint density at radius 2 is 2.05 bits per heavy atom. The highest BCUT2D eigenvalue weighted by molar-refractivity contribution is 5.85. The van der Waals surface area contributed by atoms with E-state index in [1.807, 2.05) is 0 Å². The maximum absolute atomic E-state index is 3.81. The van der Waals surface area contributed by atoms with Gasteiger partial charge in [0.25, 0.3) is 0 Å². The monoisotopic (exact) mass is 270 g/mol. The van der Waals surface area contributed by atoms with E-state index in [4.69, 9.17) is 0 Å². The minimum Gasteiger partial charge on any atom is -0.357 e. The van der Waals surface area contributed by atoms with Gasteiger partial charge in [-0.3, -0.25) is 0 Å². The quantitative estimate of drug-likeness (QED) is 0.818. The van der Waals surface area contributed by atoms with Gasteiger partial charge in [0.05, 0.1) is 0 Å². The molecule has 0 fully saturated rings. The summed E-state index contributed by atoms with van der Waals surface area (Å²) < 4.78 is 0. The van der Waals surface area contributed by atoms with Crippen molar-refractivity contribution in [2.45, 2.75) is 52.0 Å². The summed E-state index contributed by atoms with van der Waals surface area (Å²) in [5.74, 6) is 0.810. The van der Waals surface area contributed by atoms with Crippen LogP contribution in [0.5, 0.6) is 0 Å². The van der Waals surface area contributed by atoms with Crippen LogP contribution in [0.3, 0.4) is 0 Å². The molecular formula is C18H26N2. The van der Waals surface area contributed by atoms with Crippen molar-refractivity contribution in [3.05, 3.63) is 35.5 Å². The van der Waals surface area contributed by atoms with Crippen molar-refractivity contribution in [1.29, 1.82) is 0 Å². The summed E-state index contributed by atoms with van der Waals surface area (Å²) in [7, 11) is 0. The zero-order valence-electron chi connectivity index (χ0n) is 12.7. The largest absolute Gasteiger partial charge is 0.357 e. The number of nitrogens with one attached hydrogen (secondary N) is 2. The highest BCUT2D eigenvalue weighted by Gasteiger charge is 2.24. The lowest BCUT2D eigenvalue weighted by Crippen LogP contribution is -2.29. The van der Waals surface area contributed by atoms with E-state index in [9.17, 15) is 0 Å². The maximum Gasteiger partial charge on any atom is 0.0476 e. The summed E-state index contributed by atoms with van der Waals surface area (Å²) in [4.78, 5) is 3.66. The molecule has 108 valence electrons. The third-order valence-corrected chi connectivity index (χ3v) is 4.92. The summed E-state index contributed by atoms with van der Waals surface area (Å²) >= 11 is 0. The predicted molar refractivity (Wildman–Crippen MR) is 86.1 cm³/mol. The molecule has 1 aliphatic carbocycles. The lowest BCUT2D eigenvalue weighted by Gasteiger charge is -2.26. The Morgan fingerprint density at radius 1 is 1.25 bits per heavy atom. The van der Waals surface area contributed by atoms with E-state index in [0.717, 1.165) is 12.5 Å². The fourth-order valence-electron chi connectivity index (χ4n) is 3.51. The first-order valence-electron chi connectivity index (χ1n) is 8.16. The van der Waals surface area contributed by atoms with Crippen LogP contribution in [0.15, 0.2) is 24.3 Å². The third kappa shape index (κ3) is 2.49. The van der Waals surface area contributed by atoms with E-state index in [0.29, 0.717) is 6.04 Å². The summed E-state index contributed by atoms with van der Waals surface area (Å²) in [5.41, 5.74) is 4.30. The molecule has 0 saturated heterocycles. The van der Waals surface area contributed by atoms with Crippen molar-refractivity contribution in [1.82, 2.24) is 10.3 Å². The normalized spacial score (nSPS) is 18.6. The number of aromatic amines is 1. The maximum atomic E-state index is 3.81. The number of aryl methyl sites for hydroxylation is 1. The number of aromatic nitrogens is 1. The molecule has 0 radical (unpaired) electrons. The van der Waals surface area contributed by atoms with Crippen molar-refractivity contribution in [3.8, 4) is 0 Å². The molecule has 0 aliphatic heterocycles. The Kier molecular flexibility index (Phi) is 4.11. The molecule has 0 spiro atoms. The molecule has 2 heteroatoms. The van der Waals surface area contributed by atoms with Gasteiger partial charge < -0.3 is 10.3 Å². The van der Waals surface area contributed by atoms with E-state index < -0.39 is 0 Å². The molecule has 1 aromatic heterocycles. The summed E-state index contributed by atoms with van der Waals surface area (Å²) in [6.45, 7) is 5.74. The topological polar surface area (TPSA) is 27.8 Å². The number of fused-ring (bicyclic) bond motifs is 3. The molecular weight excluding hydrogens is 244 g/mol. The highest BCUT2D eigenvalue weighted by Crippen LogP contribution is 2.34. The van der Waals surface area contributed by atoms with E-state index >= 15 is 0 Å². The smallest absolute Gasteiger partial charge is 0.0476 e. The Morgan fingerprint density at radius 3 is 2.85 bits per heavy atom. The van der Waals surface area contributed by atoms with Gasteiger partial charge in [-0.05, 0) is 43.4 Å². The molecule has 1 heterocycles. The van der Waals surface area contributed by atoms with E-state index in [1.165, 1.54) is 48.7 Å². The number of rotatable bonds is 5. The second kappa shape index (κ2) is 6.01. The standard InChI is InChI=1S/C18H26N2/c1-3-13(4-2)12-19-17-11-7-9-15-14-8-5-6-10-16(14)20-18(15)17/h5-6,8,10,13,17,19-20H,3-4,7,9,11-12H2,1-2H3. The van der Waals surface area contributed by atoms with Crippen LogP contribution < -0.4 is 5.32 Å². The Balaban J connectivity index is 1.83. The van der Waals surface area contributed by atoms with Gasteiger partial charge in [0.1, 0.15) is 0 Å². The predicted octanol–water partition coefficient (Wildman–Crippen LogP) is 4.57. The van der Waals surface area contributed by atoms with Crippen LogP contribution in [0.4, 0.5) is 0 Å². The van der Waals surface area contributed by atoms with Crippen LogP contribution in [0.25, 0.3) is 10.9 Å². The molecule has 0 bridgehead atoms. The second-order valence-electron chi connectivity index (χ2n) is 6.10. The molecule has 2 aromatic rings. The van der Waals surface area contributed by atoms with Crippen LogP contribution >= 0.6 is 0 Å². The second-order valence-corrected chi connectivity index (χ2v) is 6.10. The molecule has 1 aliphatic rings. The van der Waals surface area contributed by atoms with Gasteiger partial charge in [-0.2, -0.15) is 0 Å². The van der Waals surface area contributed by atoms with Gasteiger partial charge in [0, 0.05) is 22.6 Å². The summed E-state index contributed by atoms with van der Waals surface area (Å²) in [6, 6.07) is 9.25. The first kappa shape index (κ1) is 13.7. The molecule has 1 atom stereocenters. The average molecular weight is 270 g/mol. The first-order chi connectivity index (χ1) is 9.83. The molecule has 1 aromatic carbocycles. The first-order valence-corrected chi connectivity index (χ1v) is 8.16. The lowest BCUT2D eigenvalue weighted by molar-refractivity contribution is 0.382. The van der Waals surface area contributed by atoms with Gasteiger partial charge in [-0.15, -0.1) is 0 Å². The van der Waals surface area contributed by atoms with Crippen molar-refractivity contribution >= 4 is 10.9 Å². The Hall–Kier alpha value is -1.28. The highest BCUT2D eigenvalue weighted by atomic mass is 15.0. The summed E-state index contributed by atoms with van der Waals surface area (Å²) in [6.07, 6.45) is 6.34. The molecule has 0 amide bonds. The van der Waals surface area contributed by atoms with Crippen LogP contribution in [0.1, 0.15) is 56.8 Å². The van der Waals surface area contributed by atoms with Gasteiger partial charge in [-0.25, -0.2) is 0 Å². The fourth-order valence-corrected chi connectivity index (χ4v) is 3.51. The third-order valence-electron chi connectivity index (χ3n) is 4.92. The van der Waals surface area contributed by atoms with Crippen LogP contribution in [0.2, 0.25) is 0 Å². The molecule has 3 rings (SSSR count). The summed E-state index contributed by atoms with van der Waals surface area (Å²) in [5, 5.41) is 5.24. The SMILES string of the molecule is CCC(CC)CNC1CCCc2c1[nH]c1ccccc21. The molecule has 20 heavy (non-hydrogen) atoms. The molecule has 0 saturated carbocycles. The Labute approximate surface area is 122 Å². The average Bonchev–Trinajstić information content (AvgIpc) is 2.88. The van der Waals surface area contributed by atoms with Crippen molar-refractivity contribution < 1.29 is 0 Å². The number of H-pyrrole nitrogens is 1. The van der Waals surface area contributed by atoms with E-state index in [1.54, 1.807) is 5.56 Å². The zero-order chi connectivity index (χ0) is 13.9. The molecule has 1 unspecified atom stereocenters. The number of hydrogen-bond acceptors (Lipinski definition) is 1. The van der Waals surface area contributed by atoms with Crippen molar-refractivity contribution in [3.63, 3.8) is 0 Å². The van der Waals surface area contributed by atoms with Crippen LogP contribution in [-0.4, -0.2) is 11.5 Å². The van der Waals surface area contributed by atoms with Crippen LogP contribution in [0, 0.1) is 5.92 Å². The van der Waals surface area contributed by atoms with Gasteiger partial charge in [-0.1, -0.05) is 44.9 Å². The number of para-hydroxylation sites is 1. The van der Waals surface area contributed by atoms with Gasteiger partial charge in [0.2, 0.25) is 0 Å². The number of hydrogen-bond donors (Lipinski definition) is 2. The van der Waals surface area contributed by atoms with Gasteiger partial charge >= 0.3 is 0 Å². The van der Waals surface area contributed by atoms with Crippen molar-refractivity contribution in [2.75, 3.05) is 6.54 Å². The van der Waals surface area contributed by atoms with Crippen LogP contribution in [-0.2, 0) is 6.42 Å². The number of benzene rings is 1. The Bertz CT molecular complexity index is 566. The zero-order valence-corrected chi connectivity index (χ0v) is 12.7. The van der Waals surface area contributed by atoms with E-state index in [2.05, 4.69) is 48.4 Å². The van der Waals surface area contributed by atoms with Gasteiger partial charge in [0.15, 0.2) is 0 Å². The van der Waals surface area contributed by atoms with Crippen molar-refractivity contribution in [2.24, 2.45) is 5.92 Å². The van der Waals surface area contributed by atoms with E-state index in [-0.39, 0.29) is 0 Å².